The van der Waals surface area contributed by atoms with E-state index in [0.29, 0.717) is 6.04 Å². The van der Waals surface area contributed by atoms with Gasteiger partial charge in [0.05, 0.1) is 12.6 Å². The lowest BCUT2D eigenvalue weighted by Crippen LogP contribution is -2.53. The van der Waals surface area contributed by atoms with Crippen LogP contribution in [0.5, 0.6) is 0 Å². The maximum absolute atomic E-state index is 12.5. The Morgan fingerprint density at radius 2 is 2.33 bits per heavy atom. The summed E-state index contributed by atoms with van der Waals surface area (Å²) >= 11 is 1.51. The van der Waals surface area contributed by atoms with Crippen molar-refractivity contribution in [2.75, 3.05) is 13.1 Å². The molecule has 2 heterocycles. The number of nitrogens with one attached hydrogen (secondary N) is 1. The summed E-state index contributed by atoms with van der Waals surface area (Å²) in [4.78, 5) is 15.6. The van der Waals surface area contributed by atoms with Crippen molar-refractivity contribution in [3.05, 3.63) is 22.4 Å². The van der Waals surface area contributed by atoms with Crippen molar-refractivity contribution in [3.63, 3.8) is 0 Å². The molecule has 1 aliphatic rings. The normalized spacial score (nSPS) is 23.0. The first-order chi connectivity index (χ1) is 9.92. The molecule has 1 aromatic rings. The minimum atomic E-state index is -0.999. The Bertz CT molecular complexity index is 457. The van der Waals surface area contributed by atoms with Gasteiger partial charge in [0, 0.05) is 10.9 Å². The van der Waals surface area contributed by atoms with E-state index in [1.807, 2.05) is 17.5 Å². The van der Waals surface area contributed by atoms with Gasteiger partial charge in [-0.1, -0.05) is 12.5 Å². The van der Waals surface area contributed by atoms with E-state index in [1.54, 1.807) is 6.92 Å². The largest absolute Gasteiger partial charge is 0.383 e. The molecule has 0 aliphatic carbocycles. The SMILES string of the molecule is CC(C)N1CCCCC1C(=O)NCC(C)(O)c1cccs1. The number of carbonyl (C=O) groups excluding carboxylic acids is 1. The van der Waals surface area contributed by atoms with Crippen LogP contribution in [0.25, 0.3) is 0 Å². The van der Waals surface area contributed by atoms with E-state index in [4.69, 9.17) is 0 Å². The summed E-state index contributed by atoms with van der Waals surface area (Å²) in [6.07, 6.45) is 3.17. The molecule has 21 heavy (non-hydrogen) atoms. The van der Waals surface area contributed by atoms with Crippen LogP contribution in [0.15, 0.2) is 17.5 Å². The minimum absolute atomic E-state index is 0.0419. The van der Waals surface area contributed by atoms with Crippen molar-refractivity contribution < 1.29 is 9.90 Å². The maximum atomic E-state index is 12.5. The molecule has 2 rings (SSSR count). The second-order valence-corrected chi connectivity index (χ2v) is 7.26. The molecule has 2 atom stereocenters. The van der Waals surface area contributed by atoms with Gasteiger partial charge in [-0.15, -0.1) is 11.3 Å². The van der Waals surface area contributed by atoms with Crippen LogP contribution in [0.3, 0.4) is 0 Å². The molecule has 118 valence electrons. The molecule has 0 saturated carbocycles. The zero-order valence-corrected chi connectivity index (χ0v) is 13.9. The highest BCUT2D eigenvalue weighted by molar-refractivity contribution is 7.10. The van der Waals surface area contributed by atoms with E-state index < -0.39 is 5.60 Å². The number of piperidine rings is 1. The zero-order chi connectivity index (χ0) is 15.5. The molecule has 1 aromatic heterocycles. The third kappa shape index (κ3) is 4.05. The van der Waals surface area contributed by atoms with Gasteiger partial charge < -0.3 is 10.4 Å². The third-order valence-corrected chi connectivity index (χ3v) is 5.29. The van der Waals surface area contributed by atoms with Crippen LogP contribution in [0.2, 0.25) is 0 Å². The van der Waals surface area contributed by atoms with Crippen molar-refractivity contribution in [1.82, 2.24) is 10.2 Å². The summed E-state index contributed by atoms with van der Waals surface area (Å²) in [5, 5.41) is 15.4. The molecule has 1 fully saturated rings. The lowest BCUT2D eigenvalue weighted by atomic mass is 9.99. The van der Waals surface area contributed by atoms with Crippen LogP contribution in [0.1, 0.15) is 44.9 Å². The second-order valence-electron chi connectivity index (χ2n) is 6.31. The van der Waals surface area contributed by atoms with E-state index in [9.17, 15) is 9.90 Å². The van der Waals surface area contributed by atoms with Crippen molar-refractivity contribution in [3.8, 4) is 0 Å². The molecule has 1 saturated heterocycles. The zero-order valence-electron chi connectivity index (χ0n) is 13.1. The molecule has 5 heteroatoms. The fraction of sp³-hybridized carbons (Fsp3) is 0.688. The van der Waals surface area contributed by atoms with E-state index in [2.05, 4.69) is 24.1 Å². The first kappa shape index (κ1) is 16.5. The second kappa shape index (κ2) is 6.90. The molecule has 4 nitrogen and oxygen atoms in total. The van der Waals surface area contributed by atoms with Gasteiger partial charge in [-0.25, -0.2) is 0 Å². The molecule has 1 aliphatic heterocycles. The summed E-state index contributed by atoms with van der Waals surface area (Å²) in [5.41, 5.74) is -0.999. The summed E-state index contributed by atoms with van der Waals surface area (Å²) in [7, 11) is 0. The van der Waals surface area contributed by atoms with Crippen LogP contribution in [-0.2, 0) is 10.4 Å². The molecule has 0 bridgehead atoms. The Hall–Kier alpha value is -0.910. The molecule has 0 aromatic carbocycles. The van der Waals surface area contributed by atoms with Gasteiger partial charge in [-0.2, -0.15) is 0 Å². The minimum Gasteiger partial charge on any atom is -0.383 e. The summed E-state index contributed by atoms with van der Waals surface area (Å²) < 4.78 is 0. The van der Waals surface area contributed by atoms with Gasteiger partial charge in [0.15, 0.2) is 0 Å². The number of amides is 1. The number of thiophene rings is 1. The van der Waals surface area contributed by atoms with Crippen LogP contribution in [0, 0.1) is 0 Å². The van der Waals surface area contributed by atoms with Gasteiger partial charge in [0.1, 0.15) is 5.60 Å². The van der Waals surface area contributed by atoms with Crippen molar-refractivity contribution in [1.29, 1.82) is 0 Å². The Morgan fingerprint density at radius 1 is 1.57 bits per heavy atom. The molecule has 0 spiro atoms. The molecule has 0 radical (unpaired) electrons. The van der Waals surface area contributed by atoms with Crippen molar-refractivity contribution >= 4 is 17.2 Å². The Kier molecular flexibility index (Phi) is 5.41. The quantitative estimate of drug-likeness (QED) is 0.877. The number of hydrogen-bond donors (Lipinski definition) is 2. The van der Waals surface area contributed by atoms with Crippen LogP contribution in [-0.4, -0.2) is 41.1 Å². The number of rotatable bonds is 5. The van der Waals surface area contributed by atoms with Gasteiger partial charge in [0.25, 0.3) is 0 Å². The monoisotopic (exact) mass is 310 g/mol. The average Bonchev–Trinajstić information content (AvgIpc) is 3.00. The van der Waals surface area contributed by atoms with E-state index in [0.717, 1.165) is 30.7 Å². The fourth-order valence-corrected chi connectivity index (χ4v) is 3.69. The third-order valence-electron chi connectivity index (χ3n) is 4.17. The van der Waals surface area contributed by atoms with E-state index in [1.165, 1.54) is 11.3 Å². The number of likely N-dealkylation sites (tertiary alicyclic amines) is 1. The van der Waals surface area contributed by atoms with Crippen LogP contribution >= 0.6 is 11.3 Å². The first-order valence-corrected chi connectivity index (χ1v) is 8.59. The van der Waals surface area contributed by atoms with Gasteiger partial charge in [-0.3, -0.25) is 9.69 Å². The summed E-state index contributed by atoms with van der Waals surface area (Å²) in [5.74, 6) is 0.0419. The molecule has 2 N–H and O–H groups in total. The predicted molar refractivity (Wildman–Crippen MR) is 86.4 cm³/mol. The highest BCUT2D eigenvalue weighted by Gasteiger charge is 2.32. The van der Waals surface area contributed by atoms with E-state index >= 15 is 0 Å². The predicted octanol–water partition coefficient (Wildman–Crippen LogP) is 2.33. The Labute approximate surface area is 131 Å². The first-order valence-electron chi connectivity index (χ1n) is 7.71. The Balaban J connectivity index is 1.94. The fourth-order valence-electron chi connectivity index (χ4n) is 2.90. The average molecular weight is 310 g/mol. The van der Waals surface area contributed by atoms with Crippen LogP contribution in [0.4, 0.5) is 0 Å². The standard InChI is InChI=1S/C16H26N2O2S/c1-12(2)18-9-5-4-7-13(18)15(19)17-11-16(3,20)14-8-6-10-21-14/h6,8,10,12-13,20H,4-5,7,9,11H2,1-3H3,(H,17,19). The topological polar surface area (TPSA) is 52.6 Å². The molecular weight excluding hydrogens is 284 g/mol. The van der Waals surface area contributed by atoms with Gasteiger partial charge in [0.2, 0.25) is 5.91 Å². The molecule has 1 amide bonds. The number of aliphatic hydroxyl groups is 1. The lowest BCUT2D eigenvalue weighted by molar-refractivity contribution is -0.129. The van der Waals surface area contributed by atoms with Gasteiger partial charge in [-0.05, 0) is 51.6 Å². The van der Waals surface area contributed by atoms with Gasteiger partial charge >= 0.3 is 0 Å². The Morgan fingerprint density at radius 3 is 2.95 bits per heavy atom. The summed E-state index contributed by atoms with van der Waals surface area (Å²) in [6, 6.07) is 4.13. The molecule has 2 unspecified atom stereocenters. The van der Waals surface area contributed by atoms with E-state index in [-0.39, 0.29) is 18.5 Å². The highest BCUT2D eigenvalue weighted by atomic mass is 32.1. The summed E-state index contributed by atoms with van der Waals surface area (Å²) in [6.45, 7) is 7.26. The maximum Gasteiger partial charge on any atom is 0.237 e. The number of carbonyl (C=O) groups is 1. The van der Waals surface area contributed by atoms with Crippen molar-refractivity contribution in [2.24, 2.45) is 0 Å². The van der Waals surface area contributed by atoms with Crippen molar-refractivity contribution in [2.45, 2.75) is 57.7 Å². The molecular formula is C16H26N2O2S. The van der Waals surface area contributed by atoms with Crippen LogP contribution < -0.4 is 5.32 Å². The highest BCUT2D eigenvalue weighted by Crippen LogP contribution is 2.25. The smallest absolute Gasteiger partial charge is 0.237 e. The number of hydrogen-bond acceptors (Lipinski definition) is 4. The lowest BCUT2D eigenvalue weighted by Gasteiger charge is -2.38. The number of nitrogens with zero attached hydrogens (tertiary/aromatic N) is 1.